The van der Waals surface area contributed by atoms with Crippen molar-refractivity contribution in [3.63, 3.8) is 0 Å². The summed E-state index contributed by atoms with van der Waals surface area (Å²) in [5, 5.41) is 9.31. The number of nitrogens with zero attached hydrogens (tertiary/aromatic N) is 2. The quantitative estimate of drug-likeness (QED) is 0.472. The van der Waals surface area contributed by atoms with E-state index < -0.39 is 23.8 Å². The van der Waals surface area contributed by atoms with Crippen LogP contribution in [-0.4, -0.2) is 84.2 Å². The maximum atomic E-state index is 13.9. The molecular weight excluding hydrogens is 524 g/mol. The molecule has 5 rings (SSSR count). The van der Waals surface area contributed by atoms with Gasteiger partial charge in [-0.2, -0.15) is 0 Å². The Morgan fingerprint density at radius 2 is 1.63 bits per heavy atom. The number of carbonyl (C=O) groups is 3. The lowest BCUT2D eigenvalue weighted by Gasteiger charge is -2.42. The fourth-order valence-corrected chi connectivity index (χ4v) is 6.57. The van der Waals surface area contributed by atoms with Crippen LogP contribution in [0.5, 0.6) is 0 Å². The molecule has 1 aliphatic carbocycles. The third kappa shape index (κ3) is 6.20. The largest absolute Gasteiger partial charge is 0.481 e. The second-order valence-corrected chi connectivity index (χ2v) is 12.3. The van der Waals surface area contributed by atoms with Crippen molar-refractivity contribution in [2.24, 2.45) is 5.41 Å². The maximum absolute atomic E-state index is 13.9. The molecule has 1 N–H and O–H groups in total. The van der Waals surface area contributed by atoms with Crippen LogP contribution in [0.3, 0.4) is 0 Å². The van der Waals surface area contributed by atoms with Crippen LogP contribution in [0.4, 0.5) is 9.59 Å². The molecule has 1 spiro atoms. The average molecular weight is 565 g/mol. The van der Waals surface area contributed by atoms with E-state index in [1.54, 1.807) is 9.80 Å². The number of benzene rings is 2. The third-order valence-electron chi connectivity index (χ3n) is 8.48. The van der Waals surface area contributed by atoms with Crippen molar-refractivity contribution >= 4 is 18.2 Å². The SMILES string of the molecule is CC(C)(C)OC(=O)N1CC(N(CCCC(=O)O)C(=O)OCC2c3ccccc3-c3ccccc32)C2(CCOCC2)C1. The number of hydrogen-bond donors (Lipinski definition) is 1. The fourth-order valence-electron chi connectivity index (χ4n) is 6.57. The van der Waals surface area contributed by atoms with Gasteiger partial charge in [-0.3, -0.25) is 4.79 Å². The highest BCUT2D eigenvalue weighted by Gasteiger charge is 2.53. The zero-order chi connectivity index (χ0) is 29.2. The van der Waals surface area contributed by atoms with Gasteiger partial charge in [0, 0.05) is 50.6 Å². The Morgan fingerprint density at radius 1 is 1.02 bits per heavy atom. The molecule has 2 saturated heterocycles. The Bertz CT molecular complexity index is 1240. The van der Waals surface area contributed by atoms with Crippen LogP contribution >= 0.6 is 0 Å². The van der Waals surface area contributed by atoms with Gasteiger partial charge in [0.05, 0.1) is 6.04 Å². The summed E-state index contributed by atoms with van der Waals surface area (Å²) < 4.78 is 17.4. The highest BCUT2D eigenvalue weighted by atomic mass is 16.6. The smallest absolute Gasteiger partial charge is 0.410 e. The second kappa shape index (κ2) is 11.7. The molecule has 9 heteroatoms. The molecule has 2 fully saturated rings. The predicted molar refractivity (Wildman–Crippen MR) is 153 cm³/mol. The molecule has 3 aliphatic rings. The van der Waals surface area contributed by atoms with Crippen LogP contribution in [0.25, 0.3) is 11.1 Å². The minimum absolute atomic E-state index is 0.0637. The molecule has 1 unspecified atom stereocenters. The molecule has 0 saturated carbocycles. The highest BCUT2D eigenvalue weighted by molar-refractivity contribution is 5.79. The maximum Gasteiger partial charge on any atom is 0.410 e. The monoisotopic (exact) mass is 564 g/mol. The van der Waals surface area contributed by atoms with E-state index in [4.69, 9.17) is 14.2 Å². The number of hydrogen-bond acceptors (Lipinski definition) is 6. The van der Waals surface area contributed by atoms with Crippen LogP contribution in [0.15, 0.2) is 48.5 Å². The number of fused-ring (bicyclic) bond motifs is 3. The number of amides is 2. The predicted octanol–water partition coefficient (Wildman–Crippen LogP) is 5.52. The molecule has 41 heavy (non-hydrogen) atoms. The van der Waals surface area contributed by atoms with Gasteiger partial charge in [0.15, 0.2) is 0 Å². The van der Waals surface area contributed by atoms with Gasteiger partial charge in [-0.05, 0) is 62.3 Å². The van der Waals surface area contributed by atoms with Crippen molar-refractivity contribution in [3.8, 4) is 11.1 Å². The molecule has 2 aromatic carbocycles. The van der Waals surface area contributed by atoms with Crippen molar-refractivity contribution in [2.45, 2.75) is 64.0 Å². The number of rotatable bonds is 7. The van der Waals surface area contributed by atoms with Gasteiger partial charge < -0.3 is 29.1 Å². The van der Waals surface area contributed by atoms with Crippen LogP contribution in [0.1, 0.15) is 63.5 Å². The Labute approximate surface area is 241 Å². The van der Waals surface area contributed by atoms with E-state index in [0.29, 0.717) is 39.1 Å². The van der Waals surface area contributed by atoms with Crippen molar-refractivity contribution in [1.29, 1.82) is 0 Å². The van der Waals surface area contributed by atoms with Crippen molar-refractivity contribution in [2.75, 3.05) is 39.5 Å². The first-order valence-corrected chi connectivity index (χ1v) is 14.5. The van der Waals surface area contributed by atoms with E-state index in [-0.39, 0.29) is 43.4 Å². The van der Waals surface area contributed by atoms with Gasteiger partial charge in [0.2, 0.25) is 0 Å². The van der Waals surface area contributed by atoms with E-state index in [9.17, 15) is 19.5 Å². The van der Waals surface area contributed by atoms with Gasteiger partial charge in [-0.25, -0.2) is 9.59 Å². The summed E-state index contributed by atoms with van der Waals surface area (Å²) in [5.74, 6) is -1.01. The molecule has 0 aromatic heterocycles. The lowest BCUT2D eigenvalue weighted by atomic mass is 9.75. The van der Waals surface area contributed by atoms with Gasteiger partial charge in [0.25, 0.3) is 0 Å². The summed E-state index contributed by atoms with van der Waals surface area (Å²) in [4.78, 5) is 41.7. The second-order valence-electron chi connectivity index (χ2n) is 12.3. The third-order valence-corrected chi connectivity index (χ3v) is 8.48. The van der Waals surface area contributed by atoms with Gasteiger partial charge in [-0.1, -0.05) is 48.5 Å². The zero-order valence-electron chi connectivity index (χ0n) is 24.1. The summed E-state index contributed by atoms with van der Waals surface area (Å²) in [7, 11) is 0. The Hall–Kier alpha value is -3.59. The van der Waals surface area contributed by atoms with Crippen LogP contribution in [0.2, 0.25) is 0 Å². The summed E-state index contributed by atoms with van der Waals surface area (Å²) in [5.41, 5.74) is 3.50. The Kier molecular flexibility index (Phi) is 8.27. The molecule has 1 atom stereocenters. The molecule has 220 valence electrons. The van der Waals surface area contributed by atoms with Crippen molar-refractivity contribution in [3.05, 3.63) is 59.7 Å². The van der Waals surface area contributed by atoms with Crippen LogP contribution in [0, 0.1) is 5.41 Å². The normalized spacial score (nSPS) is 19.5. The summed E-state index contributed by atoms with van der Waals surface area (Å²) >= 11 is 0. The minimum Gasteiger partial charge on any atom is -0.481 e. The van der Waals surface area contributed by atoms with Crippen LogP contribution in [-0.2, 0) is 19.0 Å². The fraction of sp³-hybridized carbons (Fsp3) is 0.531. The van der Waals surface area contributed by atoms with E-state index in [0.717, 1.165) is 22.3 Å². The summed E-state index contributed by atoms with van der Waals surface area (Å²) in [6.45, 7) is 7.69. The Balaban J connectivity index is 1.39. The summed E-state index contributed by atoms with van der Waals surface area (Å²) in [6, 6.07) is 16.0. The standard InChI is InChI=1S/C32H40N2O7/c1-31(2,3)41-29(37)33-19-27(32(21-33)14-17-39-18-15-32)34(16-8-13-28(35)36)30(38)40-20-26-24-11-6-4-9-22(24)23-10-5-7-12-25(23)26/h4-7,9-12,26-27H,8,13-21H2,1-3H3,(H,35,36). The van der Waals surface area contributed by atoms with Crippen molar-refractivity contribution < 1.29 is 33.7 Å². The van der Waals surface area contributed by atoms with Gasteiger partial charge in [-0.15, -0.1) is 0 Å². The number of carboxylic acid groups (broad SMARTS) is 1. The van der Waals surface area contributed by atoms with Gasteiger partial charge >= 0.3 is 18.2 Å². The van der Waals surface area contributed by atoms with E-state index in [2.05, 4.69) is 24.3 Å². The van der Waals surface area contributed by atoms with E-state index in [1.165, 1.54) is 0 Å². The van der Waals surface area contributed by atoms with Gasteiger partial charge in [0.1, 0.15) is 12.2 Å². The first-order chi connectivity index (χ1) is 19.6. The van der Waals surface area contributed by atoms with E-state index >= 15 is 0 Å². The highest BCUT2D eigenvalue weighted by Crippen LogP contribution is 2.46. The molecular formula is C32H40N2O7. The topological polar surface area (TPSA) is 106 Å². The van der Waals surface area contributed by atoms with Crippen molar-refractivity contribution in [1.82, 2.24) is 9.80 Å². The average Bonchev–Trinajstić information content (AvgIpc) is 3.45. The molecule has 2 heterocycles. The molecule has 2 aliphatic heterocycles. The Morgan fingerprint density at radius 3 is 2.22 bits per heavy atom. The minimum atomic E-state index is -0.917. The zero-order valence-corrected chi connectivity index (χ0v) is 24.1. The molecule has 9 nitrogen and oxygen atoms in total. The molecule has 2 aromatic rings. The number of carbonyl (C=O) groups excluding carboxylic acids is 2. The number of aliphatic carboxylic acids is 1. The van der Waals surface area contributed by atoms with E-state index in [1.807, 2.05) is 45.0 Å². The lowest BCUT2D eigenvalue weighted by Crippen LogP contribution is -2.52. The molecule has 0 radical (unpaired) electrons. The number of carboxylic acids is 1. The molecule has 2 amide bonds. The first kappa shape index (κ1) is 28.9. The molecule has 0 bridgehead atoms. The lowest BCUT2D eigenvalue weighted by molar-refractivity contribution is -0.137. The summed E-state index contributed by atoms with van der Waals surface area (Å²) in [6.07, 6.45) is 0.690. The number of ether oxygens (including phenoxy) is 3. The van der Waals surface area contributed by atoms with Crippen LogP contribution < -0.4 is 0 Å². The first-order valence-electron chi connectivity index (χ1n) is 14.5. The number of likely N-dealkylation sites (tertiary alicyclic amines) is 1.